The fourth-order valence-corrected chi connectivity index (χ4v) is 3.09. The maximum absolute atomic E-state index is 9.44. The van der Waals surface area contributed by atoms with Crippen LogP contribution < -0.4 is 4.74 Å². The fourth-order valence-electron chi connectivity index (χ4n) is 2.58. The molecule has 0 bridgehead atoms. The van der Waals surface area contributed by atoms with Crippen molar-refractivity contribution in [1.29, 1.82) is 5.26 Å². The lowest BCUT2D eigenvalue weighted by Gasteiger charge is -2.05. The van der Waals surface area contributed by atoms with Crippen LogP contribution in [0.25, 0.3) is 11.6 Å². The van der Waals surface area contributed by atoms with Crippen molar-refractivity contribution in [2.75, 3.05) is 0 Å². The van der Waals surface area contributed by atoms with Gasteiger partial charge in [0.05, 0.1) is 16.7 Å². The molecule has 0 fully saturated rings. The molecule has 0 radical (unpaired) electrons. The predicted octanol–water partition coefficient (Wildman–Crippen LogP) is 5.38. The number of fused-ring (bicyclic) bond motifs is 1. The number of halogens is 2. The van der Waals surface area contributed by atoms with Crippen molar-refractivity contribution in [3.63, 3.8) is 0 Å². The molecule has 0 saturated carbocycles. The third kappa shape index (κ3) is 2.97. The highest BCUT2D eigenvalue weighted by Gasteiger charge is 2.18. The van der Waals surface area contributed by atoms with Crippen LogP contribution in [0.5, 0.6) is 5.75 Å². The Balaban J connectivity index is 1.99. The number of hydrogen-bond donors (Lipinski definition) is 0. The predicted molar refractivity (Wildman–Crippen MR) is 90.2 cm³/mol. The molecule has 0 N–H and O–H groups in total. The lowest BCUT2D eigenvalue weighted by molar-refractivity contribution is 0.254. The van der Waals surface area contributed by atoms with Gasteiger partial charge < -0.3 is 4.74 Å². The molecule has 1 aliphatic heterocycles. The summed E-state index contributed by atoms with van der Waals surface area (Å²) in [6, 6.07) is 13.3. The Hall–Kier alpha value is -1.95. The topological polar surface area (TPSA) is 33.0 Å². The van der Waals surface area contributed by atoms with Crippen molar-refractivity contribution in [1.82, 2.24) is 0 Å². The maximum atomic E-state index is 9.44. The van der Waals surface area contributed by atoms with Crippen molar-refractivity contribution >= 4 is 34.9 Å². The van der Waals surface area contributed by atoms with Gasteiger partial charge in [-0.15, -0.1) is 0 Å². The first-order chi connectivity index (χ1) is 10.6. The van der Waals surface area contributed by atoms with Gasteiger partial charge in [0.2, 0.25) is 0 Å². The van der Waals surface area contributed by atoms with Gasteiger partial charge in [-0.05, 0) is 48.4 Å². The lowest BCUT2D eigenvalue weighted by atomic mass is 10.0. The van der Waals surface area contributed by atoms with E-state index in [9.17, 15) is 5.26 Å². The van der Waals surface area contributed by atoms with Crippen molar-refractivity contribution in [3.05, 3.63) is 63.1 Å². The molecule has 0 unspecified atom stereocenters. The highest BCUT2D eigenvalue weighted by molar-refractivity contribution is 6.36. The lowest BCUT2D eigenvalue weighted by Crippen LogP contribution is -2.05. The summed E-state index contributed by atoms with van der Waals surface area (Å²) in [7, 11) is 0. The van der Waals surface area contributed by atoms with Crippen LogP contribution in [0.1, 0.15) is 23.6 Å². The first kappa shape index (κ1) is 15.0. The number of ether oxygens (including phenoxy) is 1. The minimum Gasteiger partial charge on any atom is -0.490 e. The Bertz CT molecular complexity index is 805. The van der Waals surface area contributed by atoms with Crippen LogP contribution in [0.15, 0.2) is 36.4 Å². The Morgan fingerprint density at radius 2 is 2.09 bits per heavy atom. The molecule has 0 spiro atoms. The van der Waals surface area contributed by atoms with Gasteiger partial charge in [0.1, 0.15) is 11.9 Å². The summed E-state index contributed by atoms with van der Waals surface area (Å²) < 4.78 is 5.69. The molecule has 0 aliphatic carbocycles. The van der Waals surface area contributed by atoms with E-state index in [1.165, 1.54) is 5.56 Å². The van der Waals surface area contributed by atoms with Crippen LogP contribution in [0.2, 0.25) is 10.0 Å². The zero-order chi connectivity index (χ0) is 15.7. The Morgan fingerprint density at radius 3 is 2.82 bits per heavy atom. The van der Waals surface area contributed by atoms with E-state index < -0.39 is 0 Å². The van der Waals surface area contributed by atoms with Gasteiger partial charge in [-0.3, -0.25) is 0 Å². The Kier molecular flexibility index (Phi) is 4.11. The largest absolute Gasteiger partial charge is 0.490 e. The molecule has 2 aromatic rings. The highest BCUT2D eigenvalue weighted by atomic mass is 35.5. The average Bonchev–Trinajstić information content (AvgIpc) is 2.84. The van der Waals surface area contributed by atoms with E-state index in [-0.39, 0.29) is 6.10 Å². The summed E-state index contributed by atoms with van der Waals surface area (Å²) in [5, 5.41) is 10.5. The van der Waals surface area contributed by atoms with E-state index in [1.54, 1.807) is 18.2 Å². The van der Waals surface area contributed by atoms with Crippen molar-refractivity contribution in [3.8, 4) is 11.8 Å². The first-order valence-corrected chi connectivity index (χ1v) is 7.69. The molecule has 2 nitrogen and oxygen atoms in total. The second kappa shape index (κ2) is 6.04. The van der Waals surface area contributed by atoms with Gasteiger partial charge >= 0.3 is 0 Å². The monoisotopic (exact) mass is 329 g/mol. The fraction of sp³-hybridized carbons (Fsp3) is 0.167. The number of hydrogen-bond acceptors (Lipinski definition) is 2. The number of rotatable bonds is 2. The molecule has 1 aliphatic rings. The third-order valence-corrected chi connectivity index (χ3v) is 4.12. The Morgan fingerprint density at radius 1 is 1.27 bits per heavy atom. The van der Waals surface area contributed by atoms with Crippen LogP contribution in [0.4, 0.5) is 0 Å². The van der Waals surface area contributed by atoms with E-state index in [0.29, 0.717) is 21.2 Å². The van der Waals surface area contributed by atoms with Gasteiger partial charge in [0.25, 0.3) is 0 Å². The van der Waals surface area contributed by atoms with Crippen LogP contribution in [0.3, 0.4) is 0 Å². The average molecular weight is 330 g/mol. The number of nitrogens with zero attached hydrogens (tertiary/aromatic N) is 1. The SMILES string of the molecule is C[C@@H]1Cc2cc(/C=C(\C#N)c3ccc(Cl)cc3Cl)ccc2O1. The van der Waals surface area contributed by atoms with E-state index in [1.807, 2.05) is 25.1 Å². The minimum absolute atomic E-state index is 0.204. The Labute approximate surface area is 139 Å². The molecule has 4 heteroatoms. The maximum Gasteiger partial charge on any atom is 0.123 e. The second-order valence-corrected chi connectivity index (χ2v) is 6.14. The molecule has 1 heterocycles. The highest BCUT2D eigenvalue weighted by Crippen LogP contribution is 2.32. The third-order valence-electron chi connectivity index (χ3n) is 3.57. The van der Waals surface area contributed by atoms with Gasteiger partial charge in [0.15, 0.2) is 0 Å². The quantitative estimate of drug-likeness (QED) is 0.547. The molecular weight excluding hydrogens is 317 g/mol. The summed E-state index contributed by atoms with van der Waals surface area (Å²) in [6.07, 6.45) is 2.93. The second-order valence-electron chi connectivity index (χ2n) is 5.29. The molecule has 22 heavy (non-hydrogen) atoms. The summed E-state index contributed by atoms with van der Waals surface area (Å²) in [6.45, 7) is 2.05. The molecule has 0 amide bonds. The van der Waals surface area contributed by atoms with E-state index in [4.69, 9.17) is 27.9 Å². The summed E-state index contributed by atoms with van der Waals surface area (Å²) in [5.74, 6) is 0.924. The number of nitriles is 1. The van der Waals surface area contributed by atoms with Crippen LogP contribution >= 0.6 is 23.2 Å². The zero-order valence-corrected chi connectivity index (χ0v) is 13.4. The van der Waals surface area contributed by atoms with Gasteiger partial charge in [-0.1, -0.05) is 35.3 Å². The number of allylic oxidation sites excluding steroid dienone is 1. The van der Waals surface area contributed by atoms with Crippen LogP contribution in [0, 0.1) is 11.3 Å². The van der Waals surface area contributed by atoms with Crippen molar-refractivity contribution in [2.24, 2.45) is 0 Å². The molecule has 1 atom stereocenters. The summed E-state index contributed by atoms with van der Waals surface area (Å²) in [5.41, 5.74) is 3.31. The zero-order valence-electron chi connectivity index (χ0n) is 11.9. The number of benzene rings is 2. The molecule has 3 rings (SSSR count). The molecule has 110 valence electrons. The normalized spacial score (nSPS) is 16.8. The molecule has 2 aromatic carbocycles. The van der Waals surface area contributed by atoms with Crippen molar-refractivity contribution < 1.29 is 4.74 Å². The molecular formula is C18H13Cl2NO. The van der Waals surface area contributed by atoms with Gasteiger partial charge in [-0.2, -0.15) is 5.26 Å². The standard InChI is InChI=1S/C18H13Cl2NO/c1-11-6-13-7-12(2-5-18(13)22-11)8-14(10-21)16-4-3-15(19)9-17(16)20/h2-5,7-9,11H,6H2,1H3/b14-8+/t11-/m1/s1. The summed E-state index contributed by atoms with van der Waals surface area (Å²) in [4.78, 5) is 0. The summed E-state index contributed by atoms with van der Waals surface area (Å²) >= 11 is 12.1. The van der Waals surface area contributed by atoms with E-state index in [2.05, 4.69) is 12.1 Å². The van der Waals surface area contributed by atoms with Gasteiger partial charge in [-0.25, -0.2) is 0 Å². The minimum atomic E-state index is 0.204. The van der Waals surface area contributed by atoms with Crippen LogP contribution in [-0.4, -0.2) is 6.10 Å². The molecule has 0 aromatic heterocycles. The first-order valence-electron chi connectivity index (χ1n) is 6.93. The van der Waals surface area contributed by atoms with Gasteiger partial charge in [0, 0.05) is 17.0 Å². The van der Waals surface area contributed by atoms with E-state index in [0.717, 1.165) is 17.7 Å². The van der Waals surface area contributed by atoms with Crippen molar-refractivity contribution in [2.45, 2.75) is 19.4 Å². The smallest absolute Gasteiger partial charge is 0.123 e. The van der Waals surface area contributed by atoms with Crippen LogP contribution in [-0.2, 0) is 6.42 Å². The molecule has 0 saturated heterocycles. The van der Waals surface area contributed by atoms with E-state index >= 15 is 0 Å².